The number of benzene rings is 1. The summed E-state index contributed by atoms with van der Waals surface area (Å²) in [7, 11) is 0. The Balaban J connectivity index is 1.70. The maximum Gasteiger partial charge on any atom is 0.248 e. The third-order valence-corrected chi connectivity index (χ3v) is 3.71. The van der Waals surface area contributed by atoms with Gasteiger partial charge in [0.25, 0.3) is 0 Å². The van der Waals surface area contributed by atoms with Crippen LogP contribution in [-0.2, 0) is 4.79 Å². The van der Waals surface area contributed by atoms with Gasteiger partial charge >= 0.3 is 0 Å². The molecule has 1 amide bonds. The van der Waals surface area contributed by atoms with Crippen LogP contribution in [0.3, 0.4) is 0 Å². The minimum Gasteiger partial charge on any atom is -0.333 e. The first-order valence-corrected chi connectivity index (χ1v) is 7.48. The van der Waals surface area contributed by atoms with Gasteiger partial charge in [-0.2, -0.15) is 0 Å². The molecule has 6 heteroatoms. The van der Waals surface area contributed by atoms with E-state index in [1.807, 2.05) is 26.0 Å². The maximum atomic E-state index is 13.4. The van der Waals surface area contributed by atoms with Crippen LogP contribution < -0.4 is 0 Å². The zero-order chi connectivity index (χ0) is 16.6. The normalized spacial score (nSPS) is 16.6. The Hall–Kier alpha value is -2.50. The van der Waals surface area contributed by atoms with Crippen molar-refractivity contribution < 1.29 is 9.18 Å². The maximum absolute atomic E-state index is 13.4. The third kappa shape index (κ3) is 3.47. The highest BCUT2D eigenvalue weighted by Crippen LogP contribution is 2.24. The van der Waals surface area contributed by atoms with Gasteiger partial charge in [0.2, 0.25) is 5.91 Å². The first-order chi connectivity index (χ1) is 10.8. The smallest absolute Gasteiger partial charge is 0.248 e. The molecule has 5 nitrogen and oxygen atoms in total. The summed E-state index contributed by atoms with van der Waals surface area (Å²) >= 11 is 0. The zero-order valence-electron chi connectivity index (χ0n) is 13.5. The SMILES string of the molecule is Cc1cc(C)cc(-c2ncn(/C=C\C(=O)N3CC(C)(F)C3)n2)c1. The minimum absolute atomic E-state index is 0.140. The number of hydrogen-bond acceptors (Lipinski definition) is 3. The first kappa shape index (κ1) is 15.4. The van der Waals surface area contributed by atoms with Gasteiger partial charge in [0.05, 0.1) is 13.1 Å². The molecule has 0 unspecified atom stereocenters. The van der Waals surface area contributed by atoms with E-state index in [1.54, 1.807) is 6.33 Å². The number of likely N-dealkylation sites (tertiary alicyclic amines) is 1. The monoisotopic (exact) mass is 314 g/mol. The summed E-state index contributed by atoms with van der Waals surface area (Å²) in [5, 5.41) is 4.34. The molecule has 1 aliphatic rings. The van der Waals surface area contributed by atoms with Gasteiger partial charge in [-0.15, -0.1) is 5.10 Å². The average Bonchev–Trinajstić information content (AvgIpc) is 2.90. The molecule has 0 bridgehead atoms. The van der Waals surface area contributed by atoms with Gasteiger partial charge in [0.15, 0.2) is 5.82 Å². The van der Waals surface area contributed by atoms with Crippen molar-refractivity contribution >= 4 is 12.1 Å². The zero-order valence-corrected chi connectivity index (χ0v) is 13.5. The lowest BCUT2D eigenvalue weighted by molar-refractivity contribution is -0.138. The van der Waals surface area contributed by atoms with E-state index in [0.29, 0.717) is 5.82 Å². The number of alkyl halides is 1. The minimum atomic E-state index is -1.26. The number of carbonyl (C=O) groups is 1. The van der Waals surface area contributed by atoms with Gasteiger partial charge in [-0.1, -0.05) is 17.2 Å². The Labute approximate surface area is 134 Å². The van der Waals surface area contributed by atoms with E-state index in [4.69, 9.17) is 0 Å². The van der Waals surface area contributed by atoms with E-state index in [9.17, 15) is 9.18 Å². The predicted octanol–water partition coefficient (Wildman–Crippen LogP) is 2.60. The average molecular weight is 314 g/mol. The summed E-state index contributed by atoms with van der Waals surface area (Å²) in [6.07, 6.45) is 4.47. The number of aryl methyl sites for hydroxylation is 2. The number of nitrogens with zero attached hydrogens (tertiary/aromatic N) is 4. The van der Waals surface area contributed by atoms with Crippen LogP contribution in [0.1, 0.15) is 18.1 Å². The fourth-order valence-corrected chi connectivity index (χ4v) is 2.73. The molecule has 120 valence electrons. The third-order valence-electron chi connectivity index (χ3n) is 3.71. The molecule has 0 aliphatic carbocycles. The molecule has 1 aliphatic heterocycles. The molecule has 0 atom stereocenters. The second-order valence-electron chi connectivity index (χ2n) is 6.35. The van der Waals surface area contributed by atoms with Gasteiger partial charge in [-0.05, 0) is 32.9 Å². The van der Waals surface area contributed by atoms with Crippen molar-refractivity contribution in [2.45, 2.75) is 26.4 Å². The molecule has 23 heavy (non-hydrogen) atoms. The van der Waals surface area contributed by atoms with Crippen LogP contribution in [0.2, 0.25) is 0 Å². The van der Waals surface area contributed by atoms with Crippen molar-refractivity contribution in [2.24, 2.45) is 0 Å². The van der Waals surface area contributed by atoms with Gasteiger partial charge in [-0.25, -0.2) is 14.1 Å². The fourth-order valence-electron chi connectivity index (χ4n) is 2.73. The van der Waals surface area contributed by atoms with E-state index < -0.39 is 5.67 Å². The van der Waals surface area contributed by atoms with Crippen LogP contribution in [0, 0.1) is 13.8 Å². The van der Waals surface area contributed by atoms with Gasteiger partial charge in [0.1, 0.15) is 12.0 Å². The molecule has 0 spiro atoms. The van der Waals surface area contributed by atoms with Crippen molar-refractivity contribution in [2.75, 3.05) is 13.1 Å². The van der Waals surface area contributed by atoms with Gasteiger partial charge in [0, 0.05) is 17.8 Å². The summed E-state index contributed by atoms with van der Waals surface area (Å²) in [6, 6.07) is 6.12. The van der Waals surface area contributed by atoms with Crippen LogP contribution in [0.25, 0.3) is 17.6 Å². The number of rotatable bonds is 3. The summed E-state index contributed by atoms with van der Waals surface area (Å²) in [4.78, 5) is 17.6. The second-order valence-corrected chi connectivity index (χ2v) is 6.35. The largest absolute Gasteiger partial charge is 0.333 e. The molecule has 1 aromatic carbocycles. The van der Waals surface area contributed by atoms with Crippen molar-refractivity contribution in [3.05, 3.63) is 41.7 Å². The number of hydrogen-bond donors (Lipinski definition) is 0. The Kier molecular flexibility index (Phi) is 3.75. The van der Waals surface area contributed by atoms with Gasteiger partial charge in [-0.3, -0.25) is 4.79 Å². The number of halogens is 1. The molecule has 1 saturated heterocycles. The number of carbonyl (C=O) groups excluding carboxylic acids is 1. The molecule has 1 aromatic heterocycles. The van der Waals surface area contributed by atoms with E-state index in [-0.39, 0.29) is 19.0 Å². The Bertz CT molecular complexity index is 750. The van der Waals surface area contributed by atoms with Crippen LogP contribution >= 0.6 is 0 Å². The Morgan fingerprint density at radius 1 is 1.26 bits per heavy atom. The molecule has 1 fully saturated rings. The van der Waals surface area contributed by atoms with Crippen molar-refractivity contribution in [1.29, 1.82) is 0 Å². The van der Waals surface area contributed by atoms with Crippen LogP contribution in [0.4, 0.5) is 4.39 Å². The number of aromatic nitrogens is 3. The molecular formula is C17H19FN4O. The van der Waals surface area contributed by atoms with Crippen molar-refractivity contribution in [3.63, 3.8) is 0 Å². The van der Waals surface area contributed by atoms with E-state index in [1.165, 1.54) is 28.8 Å². The lowest BCUT2D eigenvalue weighted by atomic mass is 9.99. The van der Waals surface area contributed by atoms with Crippen molar-refractivity contribution in [3.8, 4) is 11.4 Å². The summed E-state index contributed by atoms with van der Waals surface area (Å²) in [5.74, 6) is 0.387. The lowest BCUT2D eigenvalue weighted by Crippen LogP contribution is -2.58. The molecule has 2 aromatic rings. The van der Waals surface area contributed by atoms with Gasteiger partial charge < -0.3 is 4.90 Å². The Morgan fingerprint density at radius 2 is 1.91 bits per heavy atom. The van der Waals surface area contributed by atoms with E-state index >= 15 is 0 Å². The highest BCUT2D eigenvalue weighted by molar-refractivity contribution is 5.90. The highest BCUT2D eigenvalue weighted by Gasteiger charge is 2.40. The molecule has 2 heterocycles. The molecule has 3 rings (SSSR count). The lowest BCUT2D eigenvalue weighted by Gasteiger charge is -2.41. The standard InChI is InChI=1S/C17H19FN4O/c1-12-6-13(2)8-14(7-12)16-19-11-22(20-16)5-4-15(23)21-9-17(3,18)10-21/h4-8,11H,9-10H2,1-3H3/b5-4-. The quantitative estimate of drug-likeness (QED) is 0.818. The molecule has 0 saturated carbocycles. The first-order valence-electron chi connectivity index (χ1n) is 7.48. The summed E-state index contributed by atoms with van der Waals surface area (Å²) in [5.41, 5.74) is 1.98. The van der Waals surface area contributed by atoms with E-state index in [2.05, 4.69) is 16.1 Å². The molecule has 0 radical (unpaired) electrons. The van der Waals surface area contributed by atoms with Crippen LogP contribution in [0.5, 0.6) is 0 Å². The predicted molar refractivity (Wildman–Crippen MR) is 86.4 cm³/mol. The summed E-state index contributed by atoms with van der Waals surface area (Å²) < 4.78 is 14.9. The van der Waals surface area contributed by atoms with E-state index in [0.717, 1.165) is 16.7 Å². The van der Waals surface area contributed by atoms with Crippen LogP contribution in [0.15, 0.2) is 30.6 Å². The van der Waals surface area contributed by atoms with Crippen LogP contribution in [-0.4, -0.2) is 44.3 Å². The summed E-state index contributed by atoms with van der Waals surface area (Å²) in [6.45, 7) is 5.83. The Morgan fingerprint density at radius 3 is 2.52 bits per heavy atom. The second kappa shape index (κ2) is 5.61. The highest BCUT2D eigenvalue weighted by atomic mass is 19.1. The topological polar surface area (TPSA) is 51.0 Å². The van der Waals surface area contributed by atoms with Crippen molar-refractivity contribution in [1.82, 2.24) is 19.7 Å². The molecular weight excluding hydrogens is 295 g/mol. The fraction of sp³-hybridized carbons (Fsp3) is 0.353. The number of amides is 1. The molecule has 0 N–H and O–H groups in total.